The van der Waals surface area contributed by atoms with Crippen LogP contribution in [0.25, 0.3) is 11.1 Å². The quantitative estimate of drug-likeness (QED) is 0.128. The number of thioether (sulfide) groups is 1. The number of carbonyl (C=O) groups excluding carboxylic acids is 1. The maximum atomic E-state index is 12.5. The van der Waals surface area contributed by atoms with E-state index >= 15 is 0 Å². The van der Waals surface area contributed by atoms with Gasteiger partial charge in [-0.3, -0.25) is 0 Å². The van der Waals surface area contributed by atoms with Crippen LogP contribution in [0.15, 0.2) is 107 Å². The number of hydrogen-bond donors (Lipinski definition) is 3. The van der Waals surface area contributed by atoms with E-state index in [2.05, 4.69) is 39.0 Å². The van der Waals surface area contributed by atoms with Gasteiger partial charge in [-0.05, 0) is 40.3 Å². The molecule has 236 valence electrons. The van der Waals surface area contributed by atoms with E-state index in [4.69, 9.17) is 9.47 Å². The van der Waals surface area contributed by atoms with E-state index in [-0.39, 0.29) is 24.8 Å². The summed E-state index contributed by atoms with van der Waals surface area (Å²) in [4.78, 5) is 12.5. The summed E-state index contributed by atoms with van der Waals surface area (Å²) in [5, 5.41) is 24.7. The SMILES string of the molecule is Cc1nnc(SC[C@@H]2C[C@H](c3ccc(CO)cc3)O[C@H](c3ccc(-c4ccccc4CNC(=O)NCc4ccccc4)cc3)O2)s1. The topological polar surface area (TPSA) is 106 Å². The van der Waals surface area contributed by atoms with E-state index in [1.165, 1.54) is 0 Å². The first-order chi connectivity index (χ1) is 22.5. The van der Waals surface area contributed by atoms with Gasteiger partial charge in [-0.25, -0.2) is 4.79 Å². The van der Waals surface area contributed by atoms with Crippen molar-refractivity contribution in [2.45, 2.75) is 55.9 Å². The molecule has 1 aliphatic rings. The molecule has 2 heterocycles. The predicted octanol–water partition coefficient (Wildman–Crippen LogP) is 7.34. The van der Waals surface area contributed by atoms with Gasteiger partial charge in [0, 0.05) is 30.8 Å². The number of aromatic nitrogens is 2. The third-order valence-corrected chi connectivity index (χ3v) is 9.87. The lowest BCUT2D eigenvalue weighted by molar-refractivity contribution is -0.245. The fourth-order valence-corrected chi connectivity index (χ4v) is 7.18. The molecular weight excluding hydrogens is 617 g/mol. The zero-order chi connectivity index (χ0) is 31.7. The van der Waals surface area contributed by atoms with Crippen LogP contribution in [-0.4, -0.2) is 33.2 Å². The Morgan fingerprint density at radius 2 is 1.57 bits per heavy atom. The first kappa shape index (κ1) is 31.9. The van der Waals surface area contributed by atoms with E-state index in [0.717, 1.165) is 54.0 Å². The number of nitrogens with one attached hydrogen (secondary N) is 2. The maximum Gasteiger partial charge on any atom is 0.315 e. The minimum absolute atomic E-state index is 0.00503. The fourth-order valence-electron chi connectivity index (χ4n) is 5.32. The van der Waals surface area contributed by atoms with Gasteiger partial charge in [0.25, 0.3) is 0 Å². The van der Waals surface area contributed by atoms with Crippen LogP contribution in [0, 0.1) is 6.92 Å². The van der Waals surface area contributed by atoms with Gasteiger partial charge in [0.2, 0.25) is 0 Å². The fraction of sp³-hybridized carbons (Fsp3) is 0.250. The summed E-state index contributed by atoms with van der Waals surface area (Å²) in [5.41, 5.74) is 7.00. The lowest BCUT2D eigenvalue weighted by Gasteiger charge is -2.36. The number of urea groups is 1. The number of benzene rings is 4. The molecule has 0 saturated carbocycles. The number of amides is 2. The lowest BCUT2D eigenvalue weighted by Crippen LogP contribution is -2.34. The Kier molecular flexibility index (Phi) is 10.7. The molecule has 1 fully saturated rings. The van der Waals surface area contributed by atoms with Crippen LogP contribution in [0.2, 0.25) is 0 Å². The molecule has 3 N–H and O–H groups in total. The van der Waals surface area contributed by atoms with Gasteiger partial charge in [-0.1, -0.05) is 126 Å². The summed E-state index contributed by atoms with van der Waals surface area (Å²) in [6.45, 7) is 2.83. The van der Waals surface area contributed by atoms with Gasteiger partial charge in [-0.15, -0.1) is 10.2 Å². The van der Waals surface area contributed by atoms with Gasteiger partial charge in [0.05, 0.1) is 18.8 Å². The third-order valence-electron chi connectivity index (χ3n) is 7.76. The van der Waals surface area contributed by atoms with E-state index < -0.39 is 6.29 Å². The molecule has 0 unspecified atom stereocenters. The highest BCUT2D eigenvalue weighted by Gasteiger charge is 2.32. The molecule has 0 radical (unpaired) electrons. The molecule has 46 heavy (non-hydrogen) atoms. The second-order valence-electron chi connectivity index (χ2n) is 11.0. The normalized spacial score (nSPS) is 17.8. The predicted molar refractivity (Wildman–Crippen MR) is 181 cm³/mol. The Morgan fingerprint density at radius 3 is 2.30 bits per heavy atom. The van der Waals surface area contributed by atoms with Crippen LogP contribution in [0.1, 0.15) is 51.6 Å². The van der Waals surface area contributed by atoms with Gasteiger partial charge >= 0.3 is 6.03 Å². The average molecular weight is 653 g/mol. The average Bonchev–Trinajstić information content (AvgIpc) is 3.54. The van der Waals surface area contributed by atoms with Crippen molar-refractivity contribution in [3.63, 3.8) is 0 Å². The molecule has 3 atom stereocenters. The highest BCUT2D eigenvalue weighted by atomic mass is 32.2. The lowest BCUT2D eigenvalue weighted by atomic mass is 9.98. The molecule has 2 amide bonds. The molecule has 8 nitrogen and oxygen atoms in total. The summed E-state index contributed by atoms with van der Waals surface area (Å²) in [7, 11) is 0. The number of nitrogens with zero attached hydrogens (tertiary/aromatic N) is 2. The van der Waals surface area contributed by atoms with E-state index in [0.29, 0.717) is 19.5 Å². The van der Waals surface area contributed by atoms with Crippen LogP contribution in [0.3, 0.4) is 0 Å². The number of aliphatic hydroxyl groups is 1. The molecule has 1 saturated heterocycles. The van der Waals surface area contributed by atoms with Gasteiger partial charge < -0.3 is 25.2 Å². The molecular formula is C36H36N4O4S2. The number of ether oxygens (including phenoxy) is 2. The zero-order valence-electron chi connectivity index (χ0n) is 25.5. The minimum Gasteiger partial charge on any atom is -0.392 e. The van der Waals surface area contributed by atoms with Crippen molar-refractivity contribution >= 4 is 29.1 Å². The number of rotatable bonds is 11. The molecule has 6 rings (SSSR count). The van der Waals surface area contributed by atoms with Crippen molar-refractivity contribution in [1.29, 1.82) is 0 Å². The van der Waals surface area contributed by atoms with Gasteiger partial charge in [-0.2, -0.15) is 0 Å². The third kappa shape index (κ3) is 8.39. The molecule has 5 aromatic rings. The first-order valence-corrected chi connectivity index (χ1v) is 17.0. The largest absolute Gasteiger partial charge is 0.392 e. The number of carbonyl (C=O) groups is 1. The van der Waals surface area contributed by atoms with Crippen molar-refractivity contribution in [2.75, 3.05) is 5.75 Å². The maximum absolute atomic E-state index is 12.5. The highest BCUT2D eigenvalue weighted by Crippen LogP contribution is 2.40. The smallest absolute Gasteiger partial charge is 0.315 e. The summed E-state index contributed by atoms with van der Waals surface area (Å²) in [6, 6.07) is 33.9. The Balaban J connectivity index is 1.14. The van der Waals surface area contributed by atoms with Crippen LogP contribution < -0.4 is 10.6 Å². The number of aryl methyl sites for hydroxylation is 1. The van der Waals surface area contributed by atoms with Gasteiger partial charge in [0.15, 0.2) is 10.6 Å². The second kappa shape index (κ2) is 15.5. The summed E-state index contributed by atoms with van der Waals surface area (Å²) in [6.07, 6.45) is -0.0583. The zero-order valence-corrected chi connectivity index (χ0v) is 27.1. The van der Waals surface area contributed by atoms with Crippen molar-refractivity contribution in [3.8, 4) is 11.1 Å². The van der Waals surface area contributed by atoms with E-state index in [1.807, 2.05) is 91.9 Å². The van der Waals surface area contributed by atoms with Crippen LogP contribution in [0.5, 0.6) is 0 Å². The second-order valence-corrected chi connectivity index (χ2v) is 13.5. The highest BCUT2D eigenvalue weighted by molar-refractivity contribution is 8.01. The van der Waals surface area contributed by atoms with Crippen molar-refractivity contribution in [1.82, 2.24) is 20.8 Å². The van der Waals surface area contributed by atoms with E-state index in [9.17, 15) is 9.90 Å². The molecule has 0 bridgehead atoms. The Hall–Kier alpha value is -4.06. The minimum atomic E-state index is -0.544. The molecule has 4 aromatic carbocycles. The first-order valence-electron chi connectivity index (χ1n) is 15.2. The number of aliphatic hydroxyl groups excluding tert-OH is 1. The van der Waals surface area contributed by atoms with Crippen molar-refractivity contribution in [2.24, 2.45) is 0 Å². The molecule has 1 aromatic heterocycles. The Bertz CT molecular complexity index is 1710. The standard InChI is InChI=1S/C36H36N4O4S2/c1-24-39-40-36(46-24)45-23-31-19-33(28-13-11-26(22-41)12-14-28)44-34(43-31)29-17-15-27(16-18-29)32-10-6-5-9-30(32)21-38-35(42)37-20-25-7-3-2-4-8-25/h2-18,31,33-34,41H,19-23H2,1H3,(H2,37,38,42)/t31-,33+,34+/m0/s1. The molecule has 10 heteroatoms. The van der Waals surface area contributed by atoms with Gasteiger partial charge in [0.1, 0.15) is 5.01 Å². The van der Waals surface area contributed by atoms with Crippen LogP contribution >= 0.6 is 23.1 Å². The summed E-state index contributed by atoms with van der Waals surface area (Å²) < 4.78 is 14.0. The summed E-state index contributed by atoms with van der Waals surface area (Å²) in [5.74, 6) is 0.733. The molecule has 1 aliphatic heterocycles. The van der Waals surface area contributed by atoms with Crippen molar-refractivity contribution in [3.05, 3.63) is 136 Å². The monoisotopic (exact) mass is 652 g/mol. The molecule has 0 spiro atoms. The van der Waals surface area contributed by atoms with Crippen LogP contribution in [0.4, 0.5) is 4.79 Å². The van der Waals surface area contributed by atoms with E-state index in [1.54, 1.807) is 23.1 Å². The van der Waals surface area contributed by atoms with Crippen molar-refractivity contribution < 1.29 is 19.4 Å². The number of hydrogen-bond acceptors (Lipinski definition) is 8. The van der Waals surface area contributed by atoms with Crippen LogP contribution in [-0.2, 0) is 29.2 Å². The Labute approximate surface area is 277 Å². The Morgan fingerprint density at radius 1 is 0.848 bits per heavy atom. The summed E-state index contributed by atoms with van der Waals surface area (Å²) >= 11 is 3.24. The molecule has 0 aliphatic carbocycles.